The Balaban J connectivity index is 2.47. The average Bonchev–Trinajstić information content (AvgIpc) is 1.82. The number of hydrogen-bond acceptors (Lipinski definition) is 4. The van der Waals surface area contributed by atoms with Crippen LogP contribution in [0, 0.1) is 0 Å². The molecule has 0 aromatic carbocycles. The highest BCUT2D eigenvalue weighted by molar-refractivity contribution is 4.93. The zero-order valence-electron chi connectivity index (χ0n) is 5.98. The summed E-state index contributed by atoms with van der Waals surface area (Å²) < 4.78 is 4.76. The van der Waals surface area contributed by atoms with E-state index in [1.807, 2.05) is 0 Å². The van der Waals surface area contributed by atoms with E-state index >= 15 is 0 Å². The highest BCUT2D eigenvalue weighted by Gasteiger charge is 2.52. The Bertz CT molecular complexity index is 132. The molecule has 0 saturated carbocycles. The third-order valence-corrected chi connectivity index (χ3v) is 1.71. The molecule has 1 heterocycles. The van der Waals surface area contributed by atoms with Gasteiger partial charge in [-0.2, -0.15) is 0 Å². The van der Waals surface area contributed by atoms with Crippen LogP contribution in [-0.2, 0) is 4.74 Å². The van der Waals surface area contributed by atoms with Gasteiger partial charge in [-0.1, -0.05) is 0 Å². The predicted molar refractivity (Wildman–Crippen MR) is 33.2 cm³/mol. The lowest BCUT2D eigenvalue weighted by Gasteiger charge is -2.47. The largest absolute Gasteiger partial charge is 0.391 e. The van der Waals surface area contributed by atoms with Crippen LogP contribution in [0.4, 0.5) is 0 Å². The summed E-state index contributed by atoms with van der Waals surface area (Å²) in [7, 11) is 0. The van der Waals surface area contributed by atoms with Crippen molar-refractivity contribution < 1.29 is 20.1 Å². The molecule has 0 aromatic rings. The summed E-state index contributed by atoms with van der Waals surface area (Å²) in [5.41, 5.74) is 0. The van der Waals surface area contributed by atoms with Gasteiger partial charge in [-0.3, -0.25) is 0 Å². The van der Waals surface area contributed by atoms with Gasteiger partial charge in [0.05, 0.1) is 6.10 Å². The van der Waals surface area contributed by atoms with Crippen molar-refractivity contribution in [2.24, 2.45) is 0 Å². The van der Waals surface area contributed by atoms with Crippen molar-refractivity contribution in [2.45, 2.75) is 37.9 Å². The Labute approximate surface area is 59.1 Å². The fraction of sp³-hybridized carbons (Fsp3) is 1.00. The van der Waals surface area contributed by atoms with Crippen LogP contribution < -0.4 is 0 Å². The van der Waals surface area contributed by atoms with Crippen LogP contribution in [0.5, 0.6) is 0 Å². The zero-order valence-corrected chi connectivity index (χ0v) is 5.98. The van der Waals surface area contributed by atoms with Crippen LogP contribution in [0.2, 0.25) is 0 Å². The number of aliphatic hydroxyl groups is 3. The monoisotopic (exact) mass is 148 g/mol. The maximum atomic E-state index is 9.07. The molecule has 4 nitrogen and oxygen atoms in total. The second-order valence-electron chi connectivity index (χ2n) is 2.82. The van der Waals surface area contributed by atoms with E-state index in [0.717, 1.165) is 0 Å². The molecule has 3 N–H and O–H groups in total. The fourth-order valence-corrected chi connectivity index (χ4v) is 1.00. The molecule has 0 amide bonds. The molecule has 4 unspecified atom stereocenters. The minimum absolute atomic E-state index is 0.644. The number of hydrogen-bond donors (Lipinski definition) is 3. The summed E-state index contributed by atoms with van der Waals surface area (Å²) in [6, 6.07) is 0. The lowest BCUT2D eigenvalue weighted by molar-refractivity contribution is -0.387. The summed E-state index contributed by atoms with van der Waals surface area (Å²) in [6.07, 6.45) is -2.36. The predicted octanol–water partition coefficient (Wildman–Crippen LogP) is -1.16. The second kappa shape index (κ2) is 2.17. The van der Waals surface area contributed by atoms with E-state index in [1.165, 1.54) is 13.8 Å². The van der Waals surface area contributed by atoms with Gasteiger partial charge in [-0.25, -0.2) is 0 Å². The van der Waals surface area contributed by atoms with Crippen molar-refractivity contribution in [3.63, 3.8) is 0 Å². The summed E-state index contributed by atoms with van der Waals surface area (Å²) in [5.74, 6) is -1.47. The van der Waals surface area contributed by atoms with Gasteiger partial charge >= 0.3 is 0 Å². The molecule has 60 valence electrons. The van der Waals surface area contributed by atoms with E-state index in [9.17, 15) is 0 Å². The van der Waals surface area contributed by atoms with E-state index in [2.05, 4.69) is 0 Å². The highest BCUT2D eigenvalue weighted by Crippen LogP contribution is 2.31. The molecule has 0 aliphatic carbocycles. The maximum absolute atomic E-state index is 9.07. The molecule has 4 heteroatoms. The quantitative estimate of drug-likeness (QED) is 0.438. The maximum Gasteiger partial charge on any atom is 0.192 e. The first-order valence-electron chi connectivity index (χ1n) is 3.21. The first-order chi connectivity index (χ1) is 4.45. The summed E-state index contributed by atoms with van der Waals surface area (Å²) >= 11 is 0. The van der Waals surface area contributed by atoms with Crippen LogP contribution in [0.1, 0.15) is 13.8 Å². The number of ether oxygens (including phenoxy) is 1. The van der Waals surface area contributed by atoms with E-state index in [0.29, 0.717) is 0 Å². The van der Waals surface area contributed by atoms with Gasteiger partial charge in [0.15, 0.2) is 5.79 Å². The molecule has 4 atom stereocenters. The molecular formula is C6H12O4. The van der Waals surface area contributed by atoms with Gasteiger partial charge in [0.1, 0.15) is 12.2 Å². The Morgan fingerprint density at radius 1 is 1.60 bits per heavy atom. The van der Waals surface area contributed by atoms with Crippen LogP contribution in [0.3, 0.4) is 0 Å². The van der Waals surface area contributed by atoms with Crippen molar-refractivity contribution in [2.75, 3.05) is 0 Å². The lowest BCUT2D eigenvalue weighted by atomic mass is 9.95. The Hall–Kier alpha value is -0.160. The minimum Gasteiger partial charge on any atom is -0.391 e. The molecule has 1 aliphatic rings. The Morgan fingerprint density at radius 3 is 2.20 bits per heavy atom. The van der Waals surface area contributed by atoms with Gasteiger partial charge in [0.2, 0.25) is 0 Å². The van der Waals surface area contributed by atoms with Crippen molar-refractivity contribution in [1.29, 1.82) is 0 Å². The molecule has 0 spiro atoms. The topological polar surface area (TPSA) is 69.9 Å². The van der Waals surface area contributed by atoms with E-state index in [4.69, 9.17) is 20.1 Å². The molecule has 0 aromatic heterocycles. The lowest BCUT2D eigenvalue weighted by Crippen LogP contribution is -2.66. The first-order valence-corrected chi connectivity index (χ1v) is 3.21. The molecule has 1 fully saturated rings. The van der Waals surface area contributed by atoms with Gasteiger partial charge in [-0.15, -0.1) is 0 Å². The third kappa shape index (κ3) is 1.03. The molecule has 1 rings (SSSR count). The first kappa shape index (κ1) is 7.94. The summed E-state index contributed by atoms with van der Waals surface area (Å²) in [6.45, 7) is 2.86. The van der Waals surface area contributed by atoms with Crippen molar-refractivity contribution in [3.05, 3.63) is 0 Å². The highest BCUT2D eigenvalue weighted by atomic mass is 16.7. The van der Waals surface area contributed by atoms with Gasteiger partial charge in [0, 0.05) is 0 Å². The smallest absolute Gasteiger partial charge is 0.192 e. The molecule has 1 aliphatic heterocycles. The zero-order chi connectivity index (χ0) is 7.94. The SMILES string of the molecule is CC(O)C1OC(C)(O)C1O. The molecule has 1 saturated heterocycles. The summed E-state index contributed by atoms with van der Waals surface area (Å²) in [4.78, 5) is 0. The molecule has 0 radical (unpaired) electrons. The van der Waals surface area contributed by atoms with Crippen LogP contribution in [0.25, 0.3) is 0 Å². The van der Waals surface area contributed by atoms with Crippen molar-refractivity contribution >= 4 is 0 Å². The molecular weight excluding hydrogens is 136 g/mol. The van der Waals surface area contributed by atoms with E-state index < -0.39 is 24.1 Å². The molecule has 0 bridgehead atoms. The number of rotatable bonds is 1. The third-order valence-electron chi connectivity index (χ3n) is 1.71. The Kier molecular flexibility index (Phi) is 1.72. The van der Waals surface area contributed by atoms with Crippen molar-refractivity contribution in [3.8, 4) is 0 Å². The van der Waals surface area contributed by atoms with E-state index in [-0.39, 0.29) is 0 Å². The average molecular weight is 148 g/mol. The normalized spacial score (nSPS) is 50.1. The van der Waals surface area contributed by atoms with Crippen LogP contribution >= 0.6 is 0 Å². The van der Waals surface area contributed by atoms with Crippen LogP contribution in [-0.4, -0.2) is 39.4 Å². The van der Waals surface area contributed by atoms with Crippen LogP contribution in [0.15, 0.2) is 0 Å². The van der Waals surface area contributed by atoms with Gasteiger partial charge in [0.25, 0.3) is 0 Å². The fourth-order valence-electron chi connectivity index (χ4n) is 1.00. The number of aliphatic hydroxyl groups excluding tert-OH is 2. The minimum atomic E-state index is -1.47. The molecule has 10 heavy (non-hydrogen) atoms. The standard InChI is InChI=1S/C6H12O4/c1-3(7)4-5(8)6(2,9)10-4/h3-5,7-9H,1-2H3. The van der Waals surface area contributed by atoms with Gasteiger partial charge < -0.3 is 20.1 Å². The van der Waals surface area contributed by atoms with E-state index in [1.54, 1.807) is 0 Å². The van der Waals surface area contributed by atoms with Crippen molar-refractivity contribution in [1.82, 2.24) is 0 Å². The summed E-state index contributed by atoms with van der Waals surface area (Å²) in [5, 5.41) is 27.0. The Morgan fingerprint density at radius 2 is 2.10 bits per heavy atom. The second-order valence-corrected chi connectivity index (χ2v) is 2.82. The van der Waals surface area contributed by atoms with Gasteiger partial charge in [-0.05, 0) is 13.8 Å².